The van der Waals surface area contributed by atoms with E-state index in [1.54, 1.807) is 69.1 Å². The maximum Gasteiger partial charge on any atom is 0.416 e. The van der Waals surface area contributed by atoms with Crippen LogP contribution in [0, 0.1) is 25.7 Å². The summed E-state index contributed by atoms with van der Waals surface area (Å²) in [6.07, 6.45) is 12.3. The van der Waals surface area contributed by atoms with E-state index in [-0.39, 0.29) is 52.8 Å². The van der Waals surface area contributed by atoms with Crippen LogP contribution >= 0.6 is 0 Å². The van der Waals surface area contributed by atoms with E-state index in [1.165, 1.54) is 35.4 Å². The molecule has 0 radical (unpaired) electrons. The number of carbonyl (C=O) groups is 3. The molecule has 1 aliphatic carbocycles. The molecule has 3 aromatic heterocycles. The van der Waals surface area contributed by atoms with Gasteiger partial charge in [0.1, 0.15) is 6.04 Å². The second-order valence-corrected chi connectivity index (χ2v) is 19.2. The lowest BCUT2D eigenvalue weighted by Crippen LogP contribution is -2.58. The summed E-state index contributed by atoms with van der Waals surface area (Å²) >= 11 is 0. The Morgan fingerprint density at radius 3 is 2.38 bits per heavy atom. The highest BCUT2D eigenvalue weighted by Gasteiger charge is 2.44. The number of nitrogens with one attached hydrogen (secondary N) is 4. The molecule has 3 aliphatic rings. The van der Waals surface area contributed by atoms with Crippen LogP contribution in [0.15, 0.2) is 116 Å². The van der Waals surface area contributed by atoms with Crippen molar-refractivity contribution < 1.29 is 27.6 Å². The lowest BCUT2D eigenvalue weighted by atomic mass is 9.83. The molecule has 6 aromatic rings. The number of hydrogen-bond acceptors (Lipinski definition) is 10. The summed E-state index contributed by atoms with van der Waals surface area (Å²) in [6, 6.07) is 24.0. The van der Waals surface area contributed by atoms with Crippen molar-refractivity contribution in [3.05, 3.63) is 144 Å². The number of aromatic nitrogens is 5. The lowest BCUT2D eigenvalue weighted by Gasteiger charge is -2.41. The molecule has 3 aromatic carbocycles. The number of nitrogens with zero attached hydrogens (tertiary/aromatic N) is 7. The van der Waals surface area contributed by atoms with E-state index in [4.69, 9.17) is 0 Å². The predicted octanol–water partition coefficient (Wildman–Crippen LogP) is 9.18. The Balaban J connectivity index is 0.000000195. The Labute approximate surface area is 419 Å². The number of amides is 3. The summed E-state index contributed by atoms with van der Waals surface area (Å²) in [6.45, 7) is 9.39. The van der Waals surface area contributed by atoms with Gasteiger partial charge in [-0.3, -0.25) is 19.4 Å². The van der Waals surface area contributed by atoms with Crippen LogP contribution in [0.25, 0.3) is 16.9 Å². The first-order valence-corrected chi connectivity index (χ1v) is 24.9. The van der Waals surface area contributed by atoms with Gasteiger partial charge in [0.15, 0.2) is 0 Å². The highest BCUT2D eigenvalue weighted by Crippen LogP contribution is 2.36. The Morgan fingerprint density at radius 2 is 1.65 bits per heavy atom. The number of benzene rings is 3. The van der Waals surface area contributed by atoms with E-state index in [1.807, 2.05) is 19.9 Å². The third kappa shape index (κ3) is 13.1. The third-order valence-corrected chi connectivity index (χ3v) is 14.2. The van der Waals surface area contributed by atoms with Crippen molar-refractivity contribution >= 4 is 35.0 Å². The van der Waals surface area contributed by atoms with Crippen molar-refractivity contribution in [3.63, 3.8) is 0 Å². The lowest BCUT2D eigenvalue weighted by molar-refractivity contribution is -0.140. The van der Waals surface area contributed by atoms with Crippen molar-refractivity contribution in [3.8, 4) is 16.9 Å². The topological polar surface area (TPSA) is 162 Å². The maximum absolute atomic E-state index is 13.9. The average molecular weight is 984 g/mol. The van der Waals surface area contributed by atoms with Crippen LogP contribution in [-0.2, 0) is 22.2 Å². The molecule has 2 saturated heterocycles. The molecule has 0 spiro atoms. The first-order chi connectivity index (χ1) is 34.7. The minimum Gasteiger partial charge on any atom is -0.343 e. The number of carbonyl (C=O) groups excluding carboxylic acids is 3. The summed E-state index contributed by atoms with van der Waals surface area (Å²) in [5.74, 6) is 0.698. The number of fused-ring (bicyclic) bond motifs is 1. The highest BCUT2D eigenvalue weighted by atomic mass is 19.4. The Bertz CT molecular complexity index is 2780. The average Bonchev–Trinajstić information content (AvgIpc) is 4.04. The molecule has 2 aliphatic heterocycles. The molecule has 378 valence electrons. The van der Waals surface area contributed by atoms with E-state index in [2.05, 4.69) is 81.3 Å². The summed E-state index contributed by atoms with van der Waals surface area (Å²) in [4.78, 5) is 61.4. The van der Waals surface area contributed by atoms with Crippen molar-refractivity contribution in [2.24, 2.45) is 11.8 Å². The fraction of sp³-hybridized carbons (Fsp3) is 0.400. The van der Waals surface area contributed by atoms with E-state index in [9.17, 15) is 27.6 Å². The third-order valence-electron chi connectivity index (χ3n) is 14.2. The molecule has 72 heavy (non-hydrogen) atoms. The van der Waals surface area contributed by atoms with Crippen LogP contribution < -0.4 is 21.3 Å². The second kappa shape index (κ2) is 23.5. The Hall–Kier alpha value is -6.98. The fourth-order valence-corrected chi connectivity index (χ4v) is 9.93. The van der Waals surface area contributed by atoms with Crippen LogP contribution in [0.3, 0.4) is 0 Å². The quantitative estimate of drug-likeness (QED) is 0.0828. The van der Waals surface area contributed by atoms with Gasteiger partial charge in [-0.1, -0.05) is 55.7 Å². The largest absolute Gasteiger partial charge is 0.416 e. The van der Waals surface area contributed by atoms with Gasteiger partial charge in [0.25, 0.3) is 5.91 Å². The Kier molecular flexibility index (Phi) is 16.8. The number of rotatable bonds is 14. The predicted molar refractivity (Wildman–Crippen MR) is 273 cm³/mol. The van der Waals surface area contributed by atoms with Crippen molar-refractivity contribution in [2.45, 2.75) is 96.4 Å². The van der Waals surface area contributed by atoms with E-state index in [0.717, 1.165) is 88.0 Å². The molecule has 9 rings (SSSR count). The molecule has 5 heterocycles. The number of pyridine rings is 1. The SMILES string of the molecule is CN[C@@H](C)C(=O)N[C@H](C(=O)N1CC[C@H]2CCN(CCc3ccccc3)C[C@H]21)C1CCCCC1.Cc1cn(-c2cc(NC(=O)c3ccc(C)c(Nc4nccc(-c5cccnc5)n4)c3)cc(C(F)(F)F)c2)cn1. The van der Waals surface area contributed by atoms with Crippen LogP contribution in [0.4, 0.5) is 30.5 Å². The number of likely N-dealkylation sites (N-methyl/N-ethyl adjacent to an activating group) is 1. The second-order valence-electron chi connectivity index (χ2n) is 19.2. The van der Waals surface area contributed by atoms with Gasteiger partial charge in [0, 0.05) is 78.7 Å². The number of piperidine rings is 1. The highest BCUT2D eigenvalue weighted by molar-refractivity contribution is 6.05. The molecular formula is C55H64F3N11O3. The molecule has 1 saturated carbocycles. The molecular weight excluding hydrogens is 920 g/mol. The normalized spacial score (nSPS) is 18.0. The van der Waals surface area contributed by atoms with Gasteiger partial charge in [-0.05, 0) is 138 Å². The summed E-state index contributed by atoms with van der Waals surface area (Å²) in [5.41, 5.74) is 4.47. The number of likely N-dealkylation sites (tertiary alicyclic amines) is 2. The number of anilines is 3. The van der Waals surface area contributed by atoms with Gasteiger partial charge in [-0.2, -0.15) is 13.2 Å². The number of alkyl halides is 3. The summed E-state index contributed by atoms with van der Waals surface area (Å²) < 4.78 is 42.3. The van der Waals surface area contributed by atoms with Gasteiger partial charge >= 0.3 is 6.18 Å². The van der Waals surface area contributed by atoms with Gasteiger partial charge in [0.2, 0.25) is 17.8 Å². The molecule has 4 atom stereocenters. The van der Waals surface area contributed by atoms with Gasteiger partial charge < -0.3 is 35.6 Å². The first kappa shape index (κ1) is 51.4. The fourth-order valence-electron chi connectivity index (χ4n) is 9.93. The van der Waals surface area contributed by atoms with Gasteiger partial charge in [-0.25, -0.2) is 15.0 Å². The zero-order valence-electron chi connectivity index (χ0n) is 41.3. The van der Waals surface area contributed by atoms with E-state index >= 15 is 0 Å². The molecule has 3 amide bonds. The standard InChI is InChI=1S/C28H22F3N7O.C27H42N4O2/c1-17-5-6-19(10-25(17)37-27-33-9-7-24(36-27)20-4-3-8-32-14-20)26(39)35-22-11-21(28(29,30)31)12-23(13-22)38-15-18(2)34-16-38;1-20(28-2)26(32)29-25(23-11-7-4-8-12-23)27(33)31-18-15-22-14-17-30(19-24(22)31)16-13-21-9-5-3-6-10-21/h3-16H,1-2H3,(H,35,39)(H,33,36,37);3,5-6,9-10,20,22-25,28H,4,7-8,11-19H2,1-2H3,(H,29,32)/t;20-,22+,24+,25-/m.0/s1. The number of hydrogen-bond donors (Lipinski definition) is 4. The van der Waals surface area contributed by atoms with Crippen molar-refractivity contribution in [1.29, 1.82) is 0 Å². The minimum atomic E-state index is -4.60. The zero-order valence-corrected chi connectivity index (χ0v) is 41.3. The van der Waals surface area contributed by atoms with E-state index < -0.39 is 17.6 Å². The molecule has 0 bridgehead atoms. The van der Waals surface area contributed by atoms with Gasteiger partial charge in [-0.15, -0.1) is 0 Å². The number of aryl methyl sites for hydroxylation is 2. The summed E-state index contributed by atoms with van der Waals surface area (Å²) in [7, 11) is 1.79. The molecule has 0 unspecified atom stereocenters. The monoisotopic (exact) mass is 984 g/mol. The van der Waals surface area contributed by atoms with Crippen LogP contribution in [-0.4, -0.2) is 103 Å². The molecule has 3 fully saturated rings. The van der Waals surface area contributed by atoms with Crippen LogP contribution in [0.1, 0.15) is 84.6 Å². The van der Waals surface area contributed by atoms with Gasteiger partial charge in [0.05, 0.1) is 29.3 Å². The van der Waals surface area contributed by atoms with E-state index in [0.29, 0.717) is 28.9 Å². The molecule has 14 nitrogen and oxygen atoms in total. The molecule has 17 heteroatoms. The van der Waals surface area contributed by atoms with Crippen LogP contribution in [0.2, 0.25) is 0 Å². The van der Waals surface area contributed by atoms with Crippen molar-refractivity contribution in [1.82, 2.24) is 44.9 Å². The maximum atomic E-state index is 13.9. The molecule has 4 N–H and O–H groups in total. The number of imidazole rings is 1. The smallest absolute Gasteiger partial charge is 0.343 e. The number of halogens is 3. The Morgan fingerprint density at radius 1 is 0.861 bits per heavy atom. The van der Waals surface area contributed by atoms with Crippen molar-refractivity contribution in [2.75, 3.05) is 43.9 Å². The van der Waals surface area contributed by atoms with Crippen LogP contribution in [0.5, 0.6) is 0 Å². The first-order valence-electron chi connectivity index (χ1n) is 24.9. The zero-order chi connectivity index (χ0) is 50.8. The summed E-state index contributed by atoms with van der Waals surface area (Å²) in [5, 5.41) is 11.9. The minimum absolute atomic E-state index is 0.00114.